The molecule has 3 heteroatoms. The molecule has 0 aliphatic heterocycles. The van der Waals surface area contributed by atoms with E-state index < -0.39 is 0 Å². The summed E-state index contributed by atoms with van der Waals surface area (Å²) in [6.07, 6.45) is 2.64. The molecule has 0 aliphatic rings. The van der Waals surface area contributed by atoms with E-state index in [2.05, 4.69) is 13.8 Å². The Morgan fingerprint density at radius 1 is 0.750 bits per heavy atom. The Labute approximate surface area is 144 Å². The van der Waals surface area contributed by atoms with E-state index in [9.17, 15) is 0 Å². The predicted molar refractivity (Wildman–Crippen MR) is 27.3 cm³/mol. The van der Waals surface area contributed by atoms with Crippen LogP contribution in [0.1, 0.15) is 34.1 Å². The largest absolute Gasteiger partial charge is 0.0776 e. The Morgan fingerprint density at radius 3 is 0.875 bits per heavy atom. The van der Waals surface area contributed by atoms with Crippen LogP contribution in [0.2, 0.25) is 0 Å². The fourth-order valence-corrected chi connectivity index (χ4v) is 0. The van der Waals surface area contributed by atoms with Gasteiger partial charge >= 0.3 is 0 Å². The van der Waals surface area contributed by atoms with E-state index in [0.29, 0.717) is 0 Å². The quantitative estimate of drug-likeness (QED) is 0.601. The molecule has 0 radical (unpaired) electrons. The summed E-state index contributed by atoms with van der Waals surface area (Å²) in [6, 6.07) is 0. The van der Waals surface area contributed by atoms with Crippen molar-refractivity contribution in [3.8, 4) is 0 Å². The second kappa shape index (κ2) is 30.9. The summed E-state index contributed by atoms with van der Waals surface area (Å²) in [5, 5.41) is 0. The first-order valence-electron chi connectivity index (χ1n) is 1.91. The SMILES string of the molecule is C.CCCC.[Ar].[Ar].[Ar]. The summed E-state index contributed by atoms with van der Waals surface area (Å²) in [6.45, 7) is 4.36. The van der Waals surface area contributed by atoms with Crippen LogP contribution in [-0.2, 0) is 0 Å². The van der Waals surface area contributed by atoms with Crippen LogP contribution < -0.4 is 0 Å². The fourth-order valence-electron chi connectivity index (χ4n) is 0. The Bertz CT molecular complexity index is 9.64. The van der Waals surface area contributed by atoms with Gasteiger partial charge in [-0.3, -0.25) is 0 Å². The van der Waals surface area contributed by atoms with E-state index >= 15 is 0 Å². The number of hydrogen-bond donors (Lipinski definition) is 0. The van der Waals surface area contributed by atoms with Gasteiger partial charge in [0.25, 0.3) is 0 Å². The molecule has 0 fully saturated rings. The molecule has 0 saturated carbocycles. The average molecular weight is 194 g/mol. The van der Waals surface area contributed by atoms with Crippen LogP contribution in [0, 0.1) is 113 Å². The zero-order chi connectivity index (χ0) is 3.41. The topological polar surface area (TPSA) is 0 Å². The minimum absolute atomic E-state index is 0. The van der Waals surface area contributed by atoms with Gasteiger partial charge in [-0.05, 0) is 0 Å². The molecular formula is C5H14Ar3. The second-order valence-corrected chi connectivity index (χ2v) is 1.000. The number of rotatable bonds is 1. The van der Waals surface area contributed by atoms with E-state index in [1.807, 2.05) is 0 Å². The summed E-state index contributed by atoms with van der Waals surface area (Å²) >= 11 is 0. The molecule has 0 saturated heterocycles. The van der Waals surface area contributed by atoms with Gasteiger partial charge in [-0.1, -0.05) is 34.1 Å². The molecule has 8 heavy (non-hydrogen) atoms. The van der Waals surface area contributed by atoms with Crippen molar-refractivity contribution < 1.29 is 113 Å². The van der Waals surface area contributed by atoms with Gasteiger partial charge in [0.05, 0.1) is 0 Å². The third-order valence-corrected chi connectivity index (χ3v) is 0.500. The van der Waals surface area contributed by atoms with Crippen molar-refractivity contribution in [2.24, 2.45) is 0 Å². The van der Waals surface area contributed by atoms with Crippen LogP contribution >= 0.6 is 0 Å². The molecule has 0 unspecified atom stereocenters. The molecule has 58 valence electrons. The maximum absolute atomic E-state index is 2.18. The monoisotopic (exact) mass is 194 g/mol. The van der Waals surface area contributed by atoms with Gasteiger partial charge in [-0.15, -0.1) is 0 Å². The molecular weight excluding hydrogens is 180 g/mol. The Kier molecular flexibility index (Phi) is 115. The molecule has 0 aromatic carbocycles. The fraction of sp³-hybridized carbons (Fsp3) is 1.00. The summed E-state index contributed by atoms with van der Waals surface area (Å²) in [5.74, 6) is 0. The summed E-state index contributed by atoms with van der Waals surface area (Å²) in [5.41, 5.74) is 0. The Balaban J connectivity index is -0.00000000750. The minimum Gasteiger partial charge on any atom is -0.0776 e. The van der Waals surface area contributed by atoms with Gasteiger partial charge in [-0.2, -0.15) is 0 Å². The van der Waals surface area contributed by atoms with Crippen LogP contribution in [0.15, 0.2) is 0 Å². The van der Waals surface area contributed by atoms with Gasteiger partial charge in [0, 0.05) is 113 Å². The Morgan fingerprint density at radius 2 is 0.875 bits per heavy atom. The van der Waals surface area contributed by atoms with Crippen LogP contribution in [0.5, 0.6) is 0 Å². The van der Waals surface area contributed by atoms with E-state index in [4.69, 9.17) is 0 Å². The average Bonchev–Trinajstić information content (AvgIpc) is 1.37. The molecule has 0 N–H and O–H groups in total. The van der Waals surface area contributed by atoms with Crippen LogP contribution in [-0.4, -0.2) is 0 Å². The molecule has 0 atom stereocenters. The molecule has 0 rings (SSSR count). The minimum atomic E-state index is 0. The van der Waals surface area contributed by atoms with E-state index in [0.717, 1.165) is 0 Å². The zero-order valence-electron chi connectivity index (χ0n) is 4.47. The second-order valence-electron chi connectivity index (χ2n) is 1.000. The molecule has 0 aromatic heterocycles. The first-order valence-corrected chi connectivity index (χ1v) is 1.91. The summed E-state index contributed by atoms with van der Waals surface area (Å²) in [4.78, 5) is 0. The van der Waals surface area contributed by atoms with Gasteiger partial charge in [-0.25, -0.2) is 0 Å². The molecule has 0 aliphatic carbocycles. The molecule has 0 spiro atoms. The third kappa shape index (κ3) is 33.0. The molecule has 0 heterocycles. The van der Waals surface area contributed by atoms with Crippen molar-refractivity contribution in [1.29, 1.82) is 0 Å². The summed E-state index contributed by atoms with van der Waals surface area (Å²) < 4.78 is 0. The van der Waals surface area contributed by atoms with Gasteiger partial charge < -0.3 is 0 Å². The van der Waals surface area contributed by atoms with Crippen LogP contribution in [0.3, 0.4) is 0 Å². The van der Waals surface area contributed by atoms with Crippen molar-refractivity contribution in [1.82, 2.24) is 0 Å². The van der Waals surface area contributed by atoms with Gasteiger partial charge in [0.15, 0.2) is 0 Å². The van der Waals surface area contributed by atoms with Crippen molar-refractivity contribution in [2.75, 3.05) is 0 Å². The zero-order valence-corrected chi connectivity index (χ0v) is 6.60. The van der Waals surface area contributed by atoms with Gasteiger partial charge in [0.1, 0.15) is 0 Å². The number of hydrogen-bond acceptors (Lipinski definition) is 0. The van der Waals surface area contributed by atoms with Crippen molar-refractivity contribution in [3.63, 3.8) is 0 Å². The standard InChI is InChI=1S/C4H10.CH4.3Ar/c1-3-4-2;;;;/h3-4H2,1-2H3;1H4;;;. The predicted octanol–water partition coefficient (Wildman–Crippen LogP) is 2.44. The van der Waals surface area contributed by atoms with E-state index in [1.54, 1.807) is 0 Å². The van der Waals surface area contributed by atoms with Crippen molar-refractivity contribution in [2.45, 2.75) is 34.1 Å². The summed E-state index contributed by atoms with van der Waals surface area (Å²) in [7, 11) is 0. The van der Waals surface area contributed by atoms with Gasteiger partial charge in [0.2, 0.25) is 0 Å². The molecule has 0 nitrogen and oxygen atoms in total. The maximum Gasteiger partial charge on any atom is 0 e. The van der Waals surface area contributed by atoms with Crippen LogP contribution in [0.25, 0.3) is 0 Å². The van der Waals surface area contributed by atoms with E-state index in [-0.39, 0.29) is 121 Å². The normalized spacial score (nSPS) is 3.75. The first-order chi connectivity index (χ1) is 1.91. The number of unbranched alkanes of at least 4 members (excludes halogenated alkanes) is 1. The molecule has 0 amide bonds. The Hall–Kier alpha value is 3.78. The third-order valence-electron chi connectivity index (χ3n) is 0.500. The van der Waals surface area contributed by atoms with Crippen LogP contribution in [0.4, 0.5) is 0 Å². The van der Waals surface area contributed by atoms with Crippen molar-refractivity contribution in [3.05, 3.63) is 0 Å². The smallest absolute Gasteiger partial charge is 0 e. The maximum atomic E-state index is 2.18. The van der Waals surface area contributed by atoms with Crippen molar-refractivity contribution >= 4 is 0 Å². The molecule has 0 bridgehead atoms. The molecule has 0 aromatic rings. The first kappa shape index (κ1) is 29.8. The van der Waals surface area contributed by atoms with E-state index in [1.165, 1.54) is 12.8 Å².